The van der Waals surface area contributed by atoms with Gasteiger partial charge in [0.25, 0.3) is 0 Å². The standard InChI is InChI=1S/C31H23BN2O3.C30H21BN2O2.C28H17BFNO2.C24H18BNO2/c1-37-23-14-11-21(12-15-23)33-30-16-10-20(32(35)36)18-26(30)27-19-22(13-17-31(27)33)34-28-8-4-2-6-24(28)25-7-3-5-9-29(25)34;34-31(35)20-13-18-30-26(19-20)25-9-3-6-12-29(25)33(30)22-16-14-21(15-17-22)32-27-10-4-1-7-23(27)24-8-2-5-11-28(24)32;30-23-13-16-5-4-9-21-26(14-17-6-3-8-20(23)27(17)28(16)21)31-24-10-2-1-7-19(24)22-15-18(29(32)33)11-12-25(22)31;27-25(28)19-13-14-24-22(16-19)21-11-4-5-12-23(21)26(24)20-10-6-9-18(15-20)17-7-2-1-3-8-17/h2-19,35-36H,1H3;1-19,34-35H;1-15,32-33H;1-16,27-28H/i;;;1D,2D,3D,7D,8D. The second-order valence-electron chi connectivity index (χ2n) is 33.3. The molecule has 15 nitrogen and oxygen atoms in total. The molecule has 20 heteroatoms. The number of ether oxygens (including phenoxy) is 1. The van der Waals surface area contributed by atoms with Crippen LogP contribution in [0.4, 0.5) is 4.39 Å². The van der Waals surface area contributed by atoms with E-state index in [1.807, 2.05) is 156 Å². The van der Waals surface area contributed by atoms with Crippen molar-refractivity contribution >= 4 is 213 Å². The zero-order chi connectivity index (χ0) is 94.3. The van der Waals surface area contributed by atoms with Crippen LogP contribution in [0.25, 0.3) is 208 Å². The number of halogens is 1. The van der Waals surface area contributed by atoms with Crippen molar-refractivity contribution in [3.05, 3.63) is 418 Å². The molecule has 0 spiro atoms. The van der Waals surface area contributed by atoms with Crippen LogP contribution in [-0.2, 0) is 0 Å². The summed E-state index contributed by atoms with van der Waals surface area (Å²) in [7, 11) is -4.48. The van der Waals surface area contributed by atoms with E-state index in [0.717, 1.165) is 165 Å². The van der Waals surface area contributed by atoms with Gasteiger partial charge >= 0.3 is 28.5 Å². The number of nitrogens with zero attached hydrogens (tertiary/aromatic N) is 6. The molecule has 26 aromatic rings. The quantitative estimate of drug-likeness (QED) is 0.0433. The molecule has 0 fully saturated rings. The minimum atomic E-state index is -1.58. The zero-order valence-electron chi connectivity index (χ0n) is 76.2. The number of hydrogen-bond acceptors (Lipinski definition) is 9. The van der Waals surface area contributed by atoms with Crippen LogP contribution in [0.1, 0.15) is 6.85 Å². The Kier molecular flexibility index (Phi) is 18.9. The third-order valence-corrected chi connectivity index (χ3v) is 25.9. The van der Waals surface area contributed by atoms with Crippen LogP contribution >= 0.6 is 0 Å². The Morgan fingerprint density at radius 1 is 0.233 bits per heavy atom. The lowest BCUT2D eigenvalue weighted by atomic mass is 9.80. The lowest BCUT2D eigenvalue weighted by Gasteiger charge is -2.17. The summed E-state index contributed by atoms with van der Waals surface area (Å²) in [5.74, 6) is 0.587. The molecular weight excluding hydrogens is 1650 g/mol. The number of methoxy groups -OCH3 is 1. The Morgan fingerprint density at radius 2 is 0.519 bits per heavy atom. The first kappa shape index (κ1) is 75.8. The molecule has 0 radical (unpaired) electrons. The van der Waals surface area contributed by atoms with Gasteiger partial charge in [-0.2, -0.15) is 0 Å². The molecule has 6 aromatic heterocycles. The molecule has 0 aliphatic rings. The van der Waals surface area contributed by atoms with Crippen molar-refractivity contribution in [1.29, 1.82) is 0 Å². The van der Waals surface area contributed by atoms with Crippen LogP contribution in [0.3, 0.4) is 0 Å². The van der Waals surface area contributed by atoms with Crippen LogP contribution in [0.15, 0.2) is 412 Å². The first-order valence-corrected chi connectivity index (χ1v) is 43.6. The summed E-state index contributed by atoms with van der Waals surface area (Å²) in [6, 6.07) is 124. The molecule has 20 aromatic carbocycles. The summed E-state index contributed by atoms with van der Waals surface area (Å²) in [5.41, 5.74) is 21.0. The molecule has 0 atom stereocenters. The predicted octanol–water partition coefficient (Wildman–Crippen LogP) is 20.8. The highest BCUT2D eigenvalue weighted by atomic mass is 19.1. The molecule has 0 saturated heterocycles. The van der Waals surface area contributed by atoms with E-state index in [9.17, 15) is 44.6 Å². The van der Waals surface area contributed by atoms with Gasteiger partial charge in [0.2, 0.25) is 0 Å². The number of para-hydroxylation sites is 7. The topological polar surface area (TPSA) is 201 Å². The number of hydrogen-bond donors (Lipinski definition) is 8. The van der Waals surface area contributed by atoms with Crippen molar-refractivity contribution in [2.45, 2.75) is 0 Å². The van der Waals surface area contributed by atoms with E-state index in [2.05, 4.69) is 199 Å². The fourth-order valence-electron chi connectivity index (χ4n) is 19.9. The van der Waals surface area contributed by atoms with Crippen LogP contribution in [-0.4, -0.2) is 103 Å². The number of benzene rings is 20. The molecule has 0 aliphatic heterocycles. The second-order valence-corrected chi connectivity index (χ2v) is 33.3. The summed E-state index contributed by atoms with van der Waals surface area (Å²) in [4.78, 5) is 0. The molecule has 0 aliphatic carbocycles. The molecule has 0 amide bonds. The second kappa shape index (κ2) is 33.1. The van der Waals surface area contributed by atoms with E-state index in [1.54, 1.807) is 61.7 Å². The summed E-state index contributed by atoms with van der Waals surface area (Å²) in [5, 5.41) is 96.2. The highest BCUT2D eigenvalue weighted by molar-refractivity contribution is 6.60. The number of aromatic nitrogens is 6. The van der Waals surface area contributed by atoms with E-state index in [4.69, 9.17) is 11.6 Å². The van der Waals surface area contributed by atoms with E-state index in [0.29, 0.717) is 32.8 Å². The SMILES string of the molecule is COc1ccc(-n2c3ccc(B(O)O)cc3c3cc(-n4c5ccccc5c5ccccc54)ccc32)cc1.OB(O)c1ccc2c(c1)c1ccccc1n2-c1cc2cccc3c(F)cc4cccc1c4c23.OB(O)c1ccc2c(c1)c1ccccc1n2-c1ccc(-n2c3ccccc3c3ccccc32)cc1.[2H]c1c([2H])c([2H])c(-c2cccc(-n3c4ccccc4c4cc(B(O)O)ccc43)c2)c([2H])c1[2H]. The Morgan fingerprint density at radius 3 is 0.917 bits per heavy atom. The highest BCUT2D eigenvalue weighted by Gasteiger charge is 2.26. The van der Waals surface area contributed by atoms with Crippen LogP contribution < -0.4 is 26.6 Å². The van der Waals surface area contributed by atoms with Gasteiger partial charge in [-0.15, -0.1) is 0 Å². The van der Waals surface area contributed by atoms with Crippen molar-refractivity contribution in [3.63, 3.8) is 0 Å². The number of fused-ring (bicyclic) bond motifs is 18. The van der Waals surface area contributed by atoms with E-state index in [1.165, 1.54) is 32.6 Å². The fraction of sp³-hybridized carbons (Fsp3) is 0.00885. The van der Waals surface area contributed by atoms with Gasteiger partial charge in [0.05, 0.1) is 85.9 Å². The Bertz CT molecular complexity index is 9300. The van der Waals surface area contributed by atoms with Gasteiger partial charge in [0.1, 0.15) is 11.6 Å². The monoisotopic (exact) mass is 1730 g/mol. The molecule has 0 saturated carbocycles. The average molecular weight is 1730 g/mol. The lowest BCUT2D eigenvalue weighted by Crippen LogP contribution is -2.29. The molecule has 26 rings (SSSR count). The summed E-state index contributed by atoms with van der Waals surface area (Å²) < 4.78 is 74.0. The third kappa shape index (κ3) is 13.8. The smallest absolute Gasteiger partial charge is 0.488 e. The Hall–Kier alpha value is -16.1. The van der Waals surface area contributed by atoms with Crippen molar-refractivity contribution < 1.29 is 56.2 Å². The molecule has 133 heavy (non-hydrogen) atoms. The van der Waals surface area contributed by atoms with Crippen LogP contribution in [0.5, 0.6) is 5.75 Å². The van der Waals surface area contributed by atoms with Crippen molar-refractivity contribution in [2.24, 2.45) is 0 Å². The predicted molar refractivity (Wildman–Crippen MR) is 547 cm³/mol. The van der Waals surface area contributed by atoms with Gasteiger partial charge in [-0.1, -0.05) is 255 Å². The van der Waals surface area contributed by atoms with Gasteiger partial charge < -0.3 is 72.3 Å². The Balaban J connectivity index is 0.000000103. The van der Waals surface area contributed by atoms with Gasteiger partial charge in [0, 0.05) is 109 Å². The lowest BCUT2D eigenvalue weighted by molar-refractivity contribution is 0.414. The maximum atomic E-state index is 14.9. The van der Waals surface area contributed by atoms with Gasteiger partial charge in [-0.05, 0) is 207 Å². The molecule has 0 unspecified atom stereocenters. The maximum Gasteiger partial charge on any atom is 0.488 e. The van der Waals surface area contributed by atoms with E-state index < -0.39 is 34.5 Å². The summed E-state index contributed by atoms with van der Waals surface area (Å²) in [6.07, 6.45) is 0. The third-order valence-electron chi connectivity index (χ3n) is 25.9. The van der Waals surface area contributed by atoms with Crippen LogP contribution in [0.2, 0.25) is 0 Å². The van der Waals surface area contributed by atoms with Crippen molar-refractivity contribution in [2.75, 3.05) is 7.11 Å². The zero-order valence-corrected chi connectivity index (χ0v) is 71.2. The van der Waals surface area contributed by atoms with Gasteiger partial charge in [0.15, 0.2) is 0 Å². The molecule has 6 heterocycles. The highest BCUT2D eigenvalue weighted by Crippen LogP contribution is 2.45. The molecular formula is C113H79B4FN6O9. The average Bonchev–Trinajstić information content (AvgIpc) is 1.43. The normalized spacial score (nSPS) is 12.2. The van der Waals surface area contributed by atoms with Gasteiger partial charge in [-0.25, -0.2) is 4.39 Å². The largest absolute Gasteiger partial charge is 0.497 e. The minimum absolute atomic E-state index is 0.148. The van der Waals surface area contributed by atoms with E-state index >= 15 is 0 Å². The summed E-state index contributed by atoms with van der Waals surface area (Å²) >= 11 is 0. The molecule has 0 bridgehead atoms. The van der Waals surface area contributed by atoms with Crippen LogP contribution in [0, 0.1) is 5.82 Å². The molecule has 8 N–H and O–H groups in total. The van der Waals surface area contributed by atoms with Crippen molar-refractivity contribution in [3.8, 4) is 51.0 Å². The van der Waals surface area contributed by atoms with Gasteiger partial charge in [-0.3, -0.25) is 0 Å². The maximum absolute atomic E-state index is 14.9. The minimum Gasteiger partial charge on any atom is -0.497 e. The number of rotatable bonds is 12. The first-order chi connectivity index (χ1) is 67.2. The Labute approximate surface area is 768 Å². The molecule has 634 valence electrons. The first-order valence-electron chi connectivity index (χ1n) is 46.1. The fourth-order valence-corrected chi connectivity index (χ4v) is 19.9. The van der Waals surface area contributed by atoms with Crippen molar-refractivity contribution in [1.82, 2.24) is 27.4 Å². The summed E-state index contributed by atoms with van der Waals surface area (Å²) in [6.45, 7) is 0. The van der Waals surface area contributed by atoms with E-state index in [-0.39, 0.29) is 35.6 Å².